The number of allylic oxidation sites excluding steroid dienone is 3. The number of phenolic OH excluding ortho intramolecular Hbond substituents is 1. The predicted molar refractivity (Wildman–Crippen MR) is 124 cm³/mol. The van der Waals surface area contributed by atoms with E-state index in [9.17, 15) is 24.3 Å². The quantitative estimate of drug-likeness (QED) is 0.148. The van der Waals surface area contributed by atoms with Crippen molar-refractivity contribution in [2.75, 3.05) is 13.1 Å². The second kappa shape index (κ2) is 12.8. The number of ketones is 4. The van der Waals surface area contributed by atoms with Crippen molar-refractivity contribution in [3.63, 3.8) is 0 Å². The molecule has 0 saturated heterocycles. The molecule has 0 amide bonds. The molecular formula is C24H32N4O5. The number of aromatic hydroxyl groups is 1. The number of hydrogen-bond acceptors (Lipinski definition) is 9. The van der Waals surface area contributed by atoms with Crippen LogP contribution in [-0.2, 0) is 25.6 Å². The zero-order valence-electron chi connectivity index (χ0n) is 18.6. The lowest BCUT2D eigenvalue weighted by Gasteiger charge is -2.19. The van der Waals surface area contributed by atoms with E-state index in [1.165, 1.54) is 12.1 Å². The highest BCUT2D eigenvalue weighted by Crippen LogP contribution is 2.19. The molecule has 2 atom stereocenters. The number of nitrogens with two attached hydrogens (primary N) is 3. The van der Waals surface area contributed by atoms with E-state index >= 15 is 0 Å². The largest absolute Gasteiger partial charge is 0.508 e. The van der Waals surface area contributed by atoms with E-state index in [0.29, 0.717) is 24.2 Å². The second-order valence-corrected chi connectivity index (χ2v) is 8.11. The van der Waals surface area contributed by atoms with Crippen molar-refractivity contribution in [3.8, 4) is 5.75 Å². The molecule has 9 heteroatoms. The van der Waals surface area contributed by atoms with Crippen LogP contribution in [0.3, 0.4) is 0 Å². The van der Waals surface area contributed by atoms with Gasteiger partial charge in [-0.25, -0.2) is 0 Å². The SMILES string of the molecule is NCCCC[C@H](N)C(=O)CCNC1=CC(=O)C(=O)C=C1CC(=O)[C@@H](N)Cc1ccc(O)cc1. The molecule has 0 spiro atoms. The standard InChI is InChI=1S/C24H32N4O5/c25-9-2-1-3-18(26)21(30)8-10-28-20-14-24(33)23(32)13-16(20)12-22(31)19(27)11-15-4-6-17(29)7-5-15/h4-7,13-14,18-19,28-29H,1-3,8-12,25-27H2/t18-,19-/m0/s1. The van der Waals surface area contributed by atoms with Crippen molar-refractivity contribution in [2.45, 2.75) is 50.6 Å². The average molecular weight is 457 g/mol. The first kappa shape index (κ1) is 26.1. The van der Waals surface area contributed by atoms with Crippen molar-refractivity contribution in [2.24, 2.45) is 17.2 Å². The highest BCUT2D eigenvalue weighted by atomic mass is 16.3. The maximum absolute atomic E-state index is 12.7. The Bertz CT molecular complexity index is 937. The molecule has 1 aromatic rings. The second-order valence-electron chi connectivity index (χ2n) is 8.11. The van der Waals surface area contributed by atoms with Gasteiger partial charge in [-0.3, -0.25) is 19.2 Å². The van der Waals surface area contributed by atoms with Gasteiger partial charge in [0.1, 0.15) is 5.75 Å². The summed E-state index contributed by atoms with van der Waals surface area (Å²) in [6.45, 7) is 0.762. The van der Waals surface area contributed by atoms with Crippen molar-refractivity contribution in [1.29, 1.82) is 0 Å². The van der Waals surface area contributed by atoms with E-state index in [0.717, 1.165) is 30.6 Å². The summed E-state index contributed by atoms with van der Waals surface area (Å²) < 4.78 is 0. The van der Waals surface area contributed by atoms with E-state index in [2.05, 4.69) is 5.32 Å². The lowest BCUT2D eigenvalue weighted by Crippen LogP contribution is -2.35. The van der Waals surface area contributed by atoms with Crippen LogP contribution >= 0.6 is 0 Å². The van der Waals surface area contributed by atoms with E-state index in [1.54, 1.807) is 12.1 Å². The minimum atomic E-state index is -0.822. The Hall–Kier alpha value is -3.14. The van der Waals surface area contributed by atoms with Gasteiger partial charge in [-0.1, -0.05) is 18.6 Å². The van der Waals surface area contributed by atoms with Gasteiger partial charge in [0, 0.05) is 31.2 Å². The number of Topliss-reactive ketones (excluding diaryl/α,β-unsaturated/α-hetero) is 2. The van der Waals surface area contributed by atoms with Gasteiger partial charge < -0.3 is 27.6 Å². The average Bonchev–Trinajstić information content (AvgIpc) is 2.78. The summed E-state index contributed by atoms with van der Waals surface area (Å²) in [5.74, 6) is -1.72. The van der Waals surface area contributed by atoms with Crippen LogP contribution in [0.1, 0.15) is 37.7 Å². The van der Waals surface area contributed by atoms with Gasteiger partial charge >= 0.3 is 0 Å². The Balaban J connectivity index is 1.93. The number of hydrogen-bond donors (Lipinski definition) is 5. The van der Waals surface area contributed by atoms with Crippen molar-refractivity contribution in [3.05, 3.63) is 53.3 Å². The van der Waals surface area contributed by atoms with Gasteiger partial charge in [-0.05, 0) is 55.2 Å². The van der Waals surface area contributed by atoms with Crippen LogP contribution in [0, 0.1) is 0 Å². The first-order chi connectivity index (χ1) is 15.7. The summed E-state index contributed by atoms with van der Waals surface area (Å²) in [7, 11) is 0. The van der Waals surface area contributed by atoms with Gasteiger partial charge in [0.15, 0.2) is 11.6 Å². The van der Waals surface area contributed by atoms with Crippen LogP contribution in [0.15, 0.2) is 47.7 Å². The molecule has 9 nitrogen and oxygen atoms in total. The number of benzene rings is 1. The Morgan fingerprint density at radius 1 is 0.939 bits per heavy atom. The smallest absolute Gasteiger partial charge is 0.227 e. The van der Waals surface area contributed by atoms with Gasteiger partial charge in [0.25, 0.3) is 0 Å². The van der Waals surface area contributed by atoms with Gasteiger partial charge in [-0.2, -0.15) is 0 Å². The molecule has 178 valence electrons. The van der Waals surface area contributed by atoms with Gasteiger partial charge in [0.2, 0.25) is 11.6 Å². The predicted octanol–water partition coefficient (Wildman–Crippen LogP) is 0.188. The first-order valence-corrected chi connectivity index (χ1v) is 11.0. The minimum Gasteiger partial charge on any atom is -0.508 e. The Kier molecular flexibility index (Phi) is 10.1. The fourth-order valence-electron chi connectivity index (χ4n) is 3.41. The molecule has 8 N–H and O–H groups in total. The monoisotopic (exact) mass is 456 g/mol. The molecule has 0 fully saturated rings. The molecule has 2 rings (SSSR count). The highest BCUT2D eigenvalue weighted by molar-refractivity contribution is 6.46. The maximum atomic E-state index is 12.7. The third-order valence-electron chi connectivity index (χ3n) is 5.41. The summed E-state index contributed by atoms with van der Waals surface area (Å²) in [5.41, 5.74) is 18.8. The molecule has 33 heavy (non-hydrogen) atoms. The van der Waals surface area contributed by atoms with Crippen LogP contribution in [-0.4, -0.2) is 53.4 Å². The molecule has 0 unspecified atom stereocenters. The zero-order chi connectivity index (χ0) is 24.4. The molecule has 1 aliphatic rings. The molecular weight excluding hydrogens is 424 g/mol. The van der Waals surface area contributed by atoms with Gasteiger partial charge in [0.05, 0.1) is 12.1 Å². The van der Waals surface area contributed by atoms with E-state index < -0.39 is 23.7 Å². The van der Waals surface area contributed by atoms with Crippen molar-refractivity contribution < 1.29 is 24.3 Å². The molecule has 0 saturated carbocycles. The summed E-state index contributed by atoms with van der Waals surface area (Å²) >= 11 is 0. The van der Waals surface area contributed by atoms with Crippen LogP contribution < -0.4 is 22.5 Å². The molecule has 0 radical (unpaired) electrons. The molecule has 0 aliphatic heterocycles. The number of rotatable bonds is 14. The van der Waals surface area contributed by atoms with Crippen LogP contribution in [0.2, 0.25) is 0 Å². The van der Waals surface area contributed by atoms with Crippen molar-refractivity contribution in [1.82, 2.24) is 5.32 Å². The van der Waals surface area contributed by atoms with E-state index in [4.69, 9.17) is 17.2 Å². The Morgan fingerprint density at radius 2 is 1.61 bits per heavy atom. The fraction of sp³-hybridized carbons (Fsp3) is 0.417. The molecule has 0 aromatic heterocycles. The minimum absolute atomic E-state index is 0.115. The number of carbonyl (C=O) groups excluding carboxylic acids is 4. The molecule has 1 aliphatic carbocycles. The van der Waals surface area contributed by atoms with Gasteiger partial charge in [-0.15, -0.1) is 0 Å². The molecule has 0 heterocycles. The Labute approximate surface area is 193 Å². The zero-order valence-corrected chi connectivity index (χ0v) is 18.6. The Morgan fingerprint density at radius 3 is 2.27 bits per heavy atom. The normalized spacial score (nSPS) is 15.5. The third-order valence-corrected chi connectivity index (χ3v) is 5.41. The number of carbonyl (C=O) groups is 4. The fourth-order valence-corrected chi connectivity index (χ4v) is 3.41. The van der Waals surface area contributed by atoms with E-state index in [-0.39, 0.29) is 43.1 Å². The third kappa shape index (κ3) is 8.38. The first-order valence-electron chi connectivity index (χ1n) is 11.0. The lowest BCUT2D eigenvalue weighted by atomic mass is 9.93. The lowest BCUT2D eigenvalue weighted by molar-refractivity contribution is -0.131. The van der Waals surface area contributed by atoms with Crippen LogP contribution in [0.4, 0.5) is 0 Å². The van der Waals surface area contributed by atoms with E-state index in [1.807, 2.05) is 0 Å². The summed E-state index contributed by atoms with van der Waals surface area (Å²) in [6, 6.07) is 4.98. The summed E-state index contributed by atoms with van der Waals surface area (Å²) in [5, 5.41) is 12.3. The van der Waals surface area contributed by atoms with Crippen LogP contribution in [0.25, 0.3) is 0 Å². The van der Waals surface area contributed by atoms with Crippen LogP contribution in [0.5, 0.6) is 5.75 Å². The highest BCUT2D eigenvalue weighted by Gasteiger charge is 2.24. The number of unbranched alkanes of at least 4 members (excludes halogenated alkanes) is 1. The number of nitrogens with one attached hydrogen (secondary N) is 1. The topological polar surface area (TPSA) is 179 Å². The molecule has 1 aromatic carbocycles. The summed E-state index contributed by atoms with van der Waals surface area (Å²) in [6.07, 6.45) is 4.69. The summed E-state index contributed by atoms with van der Waals surface area (Å²) in [4.78, 5) is 48.6. The maximum Gasteiger partial charge on any atom is 0.227 e. The number of phenols is 1. The molecule has 0 bridgehead atoms. The van der Waals surface area contributed by atoms with Crippen molar-refractivity contribution >= 4 is 23.1 Å².